The van der Waals surface area contributed by atoms with E-state index in [1.165, 1.54) is 4.31 Å². The molecule has 0 spiro atoms. The van der Waals surface area contributed by atoms with E-state index < -0.39 is 10.0 Å². The second-order valence-corrected chi connectivity index (χ2v) is 9.70. The van der Waals surface area contributed by atoms with Crippen molar-refractivity contribution in [2.24, 2.45) is 5.92 Å². The predicted molar refractivity (Wildman–Crippen MR) is 112 cm³/mol. The Morgan fingerprint density at radius 3 is 2.17 bits per heavy atom. The van der Waals surface area contributed by atoms with E-state index in [2.05, 4.69) is 4.90 Å². The van der Waals surface area contributed by atoms with Gasteiger partial charge in [-0.15, -0.1) is 0 Å². The molecular weight excluding hydrogens is 390 g/mol. The number of benzene rings is 1. The summed E-state index contributed by atoms with van der Waals surface area (Å²) in [4.78, 5) is 17.4. The Bertz CT molecular complexity index is 764. The Morgan fingerprint density at radius 2 is 1.62 bits per heavy atom. The van der Waals surface area contributed by atoms with Gasteiger partial charge in [0.25, 0.3) is 5.91 Å². The van der Waals surface area contributed by atoms with Crippen LogP contribution in [0.15, 0.2) is 29.2 Å². The highest BCUT2D eigenvalue weighted by Gasteiger charge is 2.26. The Balaban J connectivity index is 1.56. The minimum atomic E-state index is -3.50. The fraction of sp³-hybridized carbons (Fsp3) is 0.667. The van der Waals surface area contributed by atoms with Gasteiger partial charge in [0.15, 0.2) is 0 Å². The Kier molecular flexibility index (Phi) is 7.67. The highest BCUT2D eigenvalue weighted by molar-refractivity contribution is 7.89. The molecule has 7 nitrogen and oxygen atoms in total. The summed E-state index contributed by atoms with van der Waals surface area (Å²) >= 11 is 0. The van der Waals surface area contributed by atoms with Gasteiger partial charge in [-0.25, -0.2) is 8.42 Å². The first-order valence-electron chi connectivity index (χ1n) is 10.6. The zero-order chi connectivity index (χ0) is 20.9. The number of amides is 1. The third kappa shape index (κ3) is 5.36. The van der Waals surface area contributed by atoms with Crippen LogP contribution >= 0.6 is 0 Å². The average Bonchev–Trinajstić information content (AvgIpc) is 2.75. The SMILES string of the molecule is CCN(CC)S(=O)(=O)c1ccc(C(=O)N2CCC(CN3CCOCC3)CC2)cc1. The summed E-state index contributed by atoms with van der Waals surface area (Å²) in [6.07, 6.45) is 2.02. The number of nitrogens with zero attached hydrogens (tertiary/aromatic N) is 3. The minimum absolute atomic E-state index is 0.0124. The van der Waals surface area contributed by atoms with Gasteiger partial charge >= 0.3 is 0 Å². The average molecular weight is 424 g/mol. The molecule has 0 bridgehead atoms. The number of hydrogen-bond acceptors (Lipinski definition) is 5. The Labute approximate surface area is 174 Å². The van der Waals surface area contributed by atoms with E-state index in [1.807, 2.05) is 18.7 Å². The predicted octanol–water partition coefficient (Wildman–Crippen LogP) is 1.90. The van der Waals surface area contributed by atoms with Crippen molar-refractivity contribution in [1.82, 2.24) is 14.1 Å². The van der Waals surface area contributed by atoms with E-state index in [1.54, 1.807) is 24.3 Å². The number of likely N-dealkylation sites (tertiary alicyclic amines) is 1. The number of hydrogen-bond donors (Lipinski definition) is 0. The summed E-state index contributed by atoms with van der Waals surface area (Å²) in [5.74, 6) is 0.611. The van der Waals surface area contributed by atoms with Gasteiger partial charge in [-0.05, 0) is 43.0 Å². The standard InChI is InChI=1S/C21H33N3O4S/c1-3-24(4-2)29(26,27)20-7-5-19(6-8-20)21(25)23-11-9-18(10-12-23)17-22-13-15-28-16-14-22/h5-8,18H,3-4,9-17H2,1-2H3. The first-order chi connectivity index (χ1) is 14.0. The Hall–Kier alpha value is -1.48. The smallest absolute Gasteiger partial charge is 0.253 e. The molecule has 0 aromatic heterocycles. The lowest BCUT2D eigenvalue weighted by molar-refractivity contribution is 0.0243. The van der Waals surface area contributed by atoms with Crippen molar-refractivity contribution in [2.45, 2.75) is 31.6 Å². The number of carbonyl (C=O) groups excluding carboxylic acids is 1. The molecule has 0 N–H and O–H groups in total. The van der Waals surface area contributed by atoms with Crippen molar-refractivity contribution >= 4 is 15.9 Å². The van der Waals surface area contributed by atoms with Crippen LogP contribution in [0.4, 0.5) is 0 Å². The number of ether oxygens (including phenoxy) is 1. The highest BCUT2D eigenvalue weighted by atomic mass is 32.2. The summed E-state index contributed by atoms with van der Waals surface area (Å²) in [7, 11) is -3.50. The fourth-order valence-electron chi connectivity index (χ4n) is 4.13. The van der Waals surface area contributed by atoms with Gasteiger partial charge in [-0.3, -0.25) is 9.69 Å². The molecule has 2 fully saturated rings. The molecule has 8 heteroatoms. The van der Waals surface area contributed by atoms with Crippen molar-refractivity contribution in [3.63, 3.8) is 0 Å². The molecular formula is C21H33N3O4S. The third-order valence-electron chi connectivity index (χ3n) is 5.97. The zero-order valence-electron chi connectivity index (χ0n) is 17.5. The van der Waals surface area contributed by atoms with Gasteiger partial charge in [-0.1, -0.05) is 13.8 Å². The molecule has 0 saturated carbocycles. The van der Waals surface area contributed by atoms with E-state index in [-0.39, 0.29) is 10.8 Å². The lowest BCUT2D eigenvalue weighted by Crippen LogP contribution is -2.44. The van der Waals surface area contributed by atoms with E-state index in [9.17, 15) is 13.2 Å². The molecule has 2 saturated heterocycles. The monoisotopic (exact) mass is 423 g/mol. The maximum atomic E-state index is 12.8. The van der Waals surface area contributed by atoms with Crippen LogP contribution < -0.4 is 0 Å². The van der Waals surface area contributed by atoms with Gasteiger partial charge in [0.1, 0.15) is 0 Å². The van der Waals surface area contributed by atoms with Crippen LogP contribution in [0.5, 0.6) is 0 Å². The van der Waals surface area contributed by atoms with Gasteiger partial charge < -0.3 is 9.64 Å². The van der Waals surface area contributed by atoms with Crippen LogP contribution in [-0.4, -0.2) is 87.5 Å². The number of morpholine rings is 1. The number of rotatable bonds is 7. The summed E-state index contributed by atoms with van der Waals surface area (Å²) in [5, 5.41) is 0. The van der Waals surface area contributed by atoms with Crippen LogP contribution in [0.25, 0.3) is 0 Å². The quantitative estimate of drug-likeness (QED) is 0.670. The van der Waals surface area contributed by atoms with E-state index in [4.69, 9.17) is 4.74 Å². The zero-order valence-corrected chi connectivity index (χ0v) is 18.4. The second kappa shape index (κ2) is 10.0. The van der Waals surface area contributed by atoms with Gasteiger partial charge in [-0.2, -0.15) is 4.31 Å². The first kappa shape index (κ1) is 22.2. The molecule has 0 aliphatic carbocycles. The summed E-state index contributed by atoms with van der Waals surface area (Å²) in [5.41, 5.74) is 0.551. The maximum absolute atomic E-state index is 12.8. The van der Waals surface area contributed by atoms with Gasteiger partial charge in [0, 0.05) is 51.4 Å². The molecule has 1 aromatic carbocycles. The topological polar surface area (TPSA) is 70.2 Å². The molecule has 1 aromatic rings. The number of carbonyl (C=O) groups is 1. The Morgan fingerprint density at radius 1 is 1.03 bits per heavy atom. The lowest BCUT2D eigenvalue weighted by Gasteiger charge is -2.36. The van der Waals surface area contributed by atoms with E-state index >= 15 is 0 Å². The van der Waals surface area contributed by atoms with Gasteiger partial charge in [0.2, 0.25) is 10.0 Å². The highest BCUT2D eigenvalue weighted by Crippen LogP contribution is 2.22. The summed E-state index contributed by atoms with van der Waals surface area (Å²) < 4.78 is 32.0. The van der Waals surface area contributed by atoms with Crippen LogP contribution in [-0.2, 0) is 14.8 Å². The first-order valence-corrected chi connectivity index (χ1v) is 12.1. The summed E-state index contributed by atoms with van der Waals surface area (Å²) in [6, 6.07) is 6.37. The summed E-state index contributed by atoms with van der Waals surface area (Å²) in [6.45, 7) is 10.7. The molecule has 0 unspecified atom stereocenters. The minimum Gasteiger partial charge on any atom is -0.379 e. The molecule has 2 aliphatic rings. The largest absolute Gasteiger partial charge is 0.379 e. The third-order valence-corrected chi connectivity index (χ3v) is 8.03. The molecule has 1 amide bonds. The molecule has 0 atom stereocenters. The van der Waals surface area contributed by atoms with Crippen LogP contribution in [0.3, 0.4) is 0 Å². The fourth-order valence-corrected chi connectivity index (χ4v) is 5.59. The second-order valence-electron chi connectivity index (χ2n) is 7.76. The van der Waals surface area contributed by atoms with E-state index in [0.29, 0.717) is 24.6 Å². The normalized spacial score (nSPS) is 19.6. The van der Waals surface area contributed by atoms with Crippen LogP contribution in [0.2, 0.25) is 0 Å². The van der Waals surface area contributed by atoms with Crippen LogP contribution in [0.1, 0.15) is 37.0 Å². The molecule has 0 radical (unpaired) electrons. The van der Waals surface area contributed by atoms with Crippen molar-refractivity contribution in [3.8, 4) is 0 Å². The molecule has 29 heavy (non-hydrogen) atoms. The maximum Gasteiger partial charge on any atom is 0.253 e. The van der Waals surface area contributed by atoms with Crippen molar-refractivity contribution in [1.29, 1.82) is 0 Å². The number of piperidine rings is 1. The van der Waals surface area contributed by atoms with Gasteiger partial charge in [0.05, 0.1) is 18.1 Å². The molecule has 162 valence electrons. The van der Waals surface area contributed by atoms with Crippen molar-refractivity contribution < 1.29 is 17.9 Å². The van der Waals surface area contributed by atoms with Crippen molar-refractivity contribution in [2.75, 3.05) is 59.0 Å². The molecule has 2 heterocycles. The lowest BCUT2D eigenvalue weighted by atomic mass is 9.95. The number of sulfonamides is 1. The molecule has 2 aliphatic heterocycles. The van der Waals surface area contributed by atoms with Crippen molar-refractivity contribution in [3.05, 3.63) is 29.8 Å². The van der Waals surface area contributed by atoms with Crippen LogP contribution in [0, 0.1) is 5.92 Å². The van der Waals surface area contributed by atoms with E-state index in [0.717, 1.165) is 58.8 Å². The molecule has 3 rings (SSSR count).